The zero-order valence-electron chi connectivity index (χ0n) is 21.3. The van der Waals surface area contributed by atoms with Crippen LogP contribution in [0.25, 0.3) is 0 Å². The predicted molar refractivity (Wildman–Crippen MR) is 137 cm³/mol. The third-order valence-electron chi connectivity index (χ3n) is 6.28. The Labute approximate surface area is 218 Å². The third-order valence-corrected chi connectivity index (χ3v) is 7.79. The number of hydrogen-bond acceptors (Lipinski definition) is 8. The summed E-state index contributed by atoms with van der Waals surface area (Å²) in [4.78, 5) is 24.8. The average molecular weight is 534 g/mol. The first-order chi connectivity index (χ1) is 17.5. The summed E-state index contributed by atoms with van der Waals surface area (Å²) in [6, 6.07) is 5.66. The largest absolute Gasteiger partial charge is 0.464 e. The predicted octanol–water partition coefficient (Wildman–Crippen LogP) is 2.59. The number of carbonyl (C=O) groups excluding carboxylic acids is 2. The van der Waals surface area contributed by atoms with E-state index < -0.39 is 46.1 Å². The van der Waals surface area contributed by atoms with E-state index in [1.807, 2.05) is 19.9 Å². The van der Waals surface area contributed by atoms with Gasteiger partial charge in [-0.1, -0.05) is 68.0 Å². The number of cyclic esters (lactones) is 2. The molecular weight excluding hydrogens is 498 g/mol. The molecule has 1 aromatic carbocycles. The zero-order chi connectivity index (χ0) is 27.0. The smallest absolute Gasteiger partial charge is 0.309 e. The molecule has 2 N–H and O–H groups in total. The van der Waals surface area contributed by atoms with E-state index >= 15 is 0 Å². The van der Waals surface area contributed by atoms with Crippen LogP contribution in [0.5, 0.6) is 0 Å². The lowest BCUT2D eigenvalue weighted by Crippen LogP contribution is -2.42. The first-order valence-corrected chi connectivity index (χ1v) is 13.8. The fourth-order valence-corrected chi connectivity index (χ4v) is 5.18. The van der Waals surface area contributed by atoms with Gasteiger partial charge < -0.3 is 19.3 Å². The number of benzene rings is 1. The summed E-state index contributed by atoms with van der Waals surface area (Å²) in [6.45, 7) is 5.23. The Hall–Kier alpha value is -2.79. The van der Waals surface area contributed by atoms with Crippen molar-refractivity contribution in [3.05, 3.63) is 66.3 Å². The van der Waals surface area contributed by atoms with Crippen LogP contribution in [0, 0.1) is 18.8 Å². The summed E-state index contributed by atoms with van der Waals surface area (Å²) in [7, 11) is -3.88. The van der Waals surface area contributed by atoms with E-state index in [-0.39, 0.29) is 43.0 Å². The van der Waals surface area contributed by atoms with Gasteiger partial charge in [0.2, 0.25) is 10.0 Å². The number of aryl methyl sites for hydroxylation is 1. The van der Waals surface area contributed by atoms with E-state index in [2.05, 4.69) is 4.72 Å². The van der Waals surface area contributed by atoms with E-state index in [0.29, 0.717) is 0 Å². The molecule has 0 spiro atoms. The Morgan fingerprint density at radius 3 is 2.11 bits per heavy atom. The molecule has 2 bridgehead atoms. The van der Waals surface area contributed by atoms with Crippen molar-refractivity contribution in [2.24, 2.45) is 11.8 Å². The molecule has 2 aliphatic heterocycles. The van der Waals surface area contributed by atoms with Gasteiger partial charge in [0.05, 0.1) is 29.9 Å². The van der Waals surface area contributed by atoms with Gasteiger partial charge >= 0.3 is 11.9 Å². The Morgan fingerprint density at radius 1 is 0.865 bits per heavy atom. The number of carbonyl (C=O) groups is 2. The van der Waals surface area contributed by atoms with Gasteiger partial charge in [-0.2, -0.15) is 0 Å². The molecule has 3 rings (SSSR count). The molecule has 0 radical (unpaired) electrons. The second-order valence-corrected chi connectivity index (χ2v) is 11.1. The summed E-state index contributed by atoms with van der Waals surface area (Å²) in [6.07, 6.45) is 8.07. The van der Waals surface area contributed by atoms with E-state index in [1.54, 1.807) is 49.4 Å². The lowest BCUT2D eigenvalue weighted by molar-refractivity contribution is -0.153. The van der Waals surface area contributed by atoms with Crippen molar-refractivity contribution in [2.75, 3.05) is 13.2 Å². The molecule has 37 heavy (non-hydrogen) atoms. The van der Waals surface area contributed by atoms with Crippen LogP contribution in [-0.2, 0) is 33.8 Å². The lowest BCUT2D eigenvalue weighted by atomic mass is 9.99. The fourth-order valence-electron chi connectivity index (χ4n) is 3.87. The summed E-state index contributed by atoms with van der Waals surface area (Å²) in [5.74, 6) is -1.55. The highest BCUT2D eigenvalue weighted by atomic mass is 32.2. The van der Waals surface area contributed by atoms with Gasteiger partial charge in [-0.05, 0) is 25.0 Å². The summed E-state index contributed by atoms with van der Waals surface area (Å²) < 4.78 is 45.2. The minimum atomic E-state index is -3.88. The van der Waals surface area contributed by atoms with Gasteiger partial charge in [-0.3, -0.25) is 9.59 Å². The van der Waals surface area contributed by atoms with Crippen molar-refractivity contribution in [2.45, 2.75) is 62.9 Å². The SMILES string of the molecule is Cc1ccc(S(=O)(=O)N[C@@H]2COC(=O)C/C=C/[C@@H](C)[C@@H]3C=C[C@H](O)[C@@H](COC(=O)C/C=C/[C@@H]2C)O3)cc1. The summed E-state index contributed by atoms with van der Waals surface area (Å²) in [5.41, 5.74) is 0.926. The molecule has 0 saturated carbocycles. The maximum Gasteiger partial charge on any atom is 0.309 e. The number of sulfonamides is 1. The Balaban J connectivity index is 1.77. The number of esters is 2. The van der Waals surface area contributed by atoms with Crippen molar-refractivity contribution >= 4 is 22.0 Å². The average Bonchev–Trinajstić information content (AvgIpc) is 2.85. The molecule has 0 aliphatic carbocycles. The molecule has 202 valence electrons. The maximum absolute atomic E-state index is 13.0. The molecule has 0 saturated heterocycles. The first kappa shape index (κ1) is 28.8. The van der Waals surface area contributed by atoms with Crippen LogP contribution in [0.15, 0.2) is 65.6 Å². The number of nitrogens with one attached hydrogen (secondary N) is 1. The molecule has 6 atom stereocenters. The monoisotopic (exact) mass is 533 g/mol. The Kier molecular flexibility index (Phi) is 10.2. The van der Waals surface area contributed by atoms with E-state index in [0.717, 1.165) is 5.56 Å². The van der Waals surface area contributed by atoms with Crippen LogP contribution < -0.4 is 4.72 Å². The van der Waals surface area contributed by atoms with E-state index in [4.69, 9.17) is 14.2 Å². The molecule has 9 nitrogen and oxygen atoms in total. The molecular formula is C27H35NO8S. The molecule has 2 aliphatic rings. The maximum atomic E-state index is 13.0. The number of fused-ring (bicyclic) bond motifs is 2. The van der Waals surface area contributed by atoms with Gasteiger partial charge in [0.25, 0.3) is 0 Å². The first-order valence-electron chi connectivity index (χ1n) is 12.3. The van der Waals surface area contributed by atoms with Crippen molar-refractivity contribution in [1.29, 1.82) is 0 Å². The van der Waals surface area contributed by atoms with Crippen LogP contribution in [0.4, 0.5) is 0 Å². The Bertz CT molecular complexity index is 1130. The minimum absolute atomic E-state index is 0.00604. The normalized spacial score (nSPS) is 31.9. The van der Waals surface area contributed by atoms with Gasteiger partial charge in [0.15, 0.2) is 0 Å². The third kappa shape index (κ3) is 8.63. The quantitative estimate of drug-likeness (QED) is 0.448. The second-order valence-electron chi connectivity index (χ2n) is 9.40. The number of aliphatic hydroxyl groups excluding tert-OH is 1. The van der Waals surface area contributed by atoms with Crippen LogP contribution in [0.2, 0.25) is 0 Å². The van der Waals surface area contributed by atoms with Crippen molar-refractivity contribution in [3.63, 3.8) is 0 Å². The van der Waals surface area contributed by atoms with Crippen molar-refractivity contribution in [1.82, 2.24) is 4.72 Å². The van der Waals surface area contributed by atoms with E-state index in [1.165, 1.54) is 12.1 Å². The Morgan fingerprint density at radius 2 is 1.46 bits per heavy atom. The highest BCUT2D eigenvalue weighted by molar-refractivity contribution is 7.89. The summed E-state index contributed by atoms with van der Waals surface area (Å²) >= 11 is 0. The second kappa shape index (κ2) is 13.1. The molecule has 0 amide bonds. The van der Waals surface area contributed by atoms with E-state index in [9.17, 15) is 23.1 Å². The van der Waals surface area contributed by atoms with Gasteiger partial charge in [0, 0.05) is 5.92 Å². The highest BCUT2D eigenvalue weighted by Gasteiger charge is 2.29. The van der Waals surface area contributed by atoms with Crippen molar-refractivity contribution < 1.29 is 37.3 Å². The molecule has 0 fully saturated rings. The highest BCUT2D eigenvalue weighted by Crippen LogP contribution is 2.21. The number of ether oxygens (including phenoxy) is 3. The van der Waals surface area contributed by atoms with Gasteiger partial charge in [-0.25, -0.2) is 13.1 Å². The molecule has 0 unspecified atom stereocenters. The van der Waals surface area contributed by atoms with Gasteiger partial charge in [0.1, 0.15) is 25.4 Å². The zero-order valence-corrected chi connectivity index (χ0v) is 22.1. The summed E-state index contributed by atoms with van der Waals surface area (Å²) in [5, 5.41) is 10.2. The number of rotatable bonds is 3. The molecule has 0 aromatic heterocycles. The minimum Gasteiger partial charge on any atom is -0.464 e. The van der Waals surface area contributed by atoms with Gasteiger partial charge in [-0.15, -0.1) is 0 Å². The molecule has 10 heteroatoms. The van der Waals surface area contributed by atoms with Crippen LogP contribution >= 0.6 is 0 Å². The van der Waals surface area contributed by atoms with Crippen LogP contribution in [-0.4, -0.2) is 63.0 Å². The van der Waals surface area contributed by atoms with Crippen molar-refractivity contribution in [3.8, 4) is 0 Å². The molecule has 2 heterocycles. The topological polar surface area (TPSA) is 128 Å². The molecule has 1 aromatic rings. The van der Waals surface area contributed by atoms with Crippen LogP contribution in [0.3, 0.4) is 0 Å². The van der Waals surface area contributed by atoms with Crippen LogP contribution in [0.1, 0.15) is 32.3 Å². The fraction of sp³-hybridized carbons (Fsp3) is 0.481. The number of hydrogen-bond donors (Lipinski definition) is 2. The standard InChI is InChI=1S/C27H35NO8S/c1-18-10-12-21(13-11-18)37(32,33)28-22-16-34-26(30)9-5-7-20(3)24-15-14-23(29)25(36-24)17-35-27(31)8-4-6-19(22)2/h4-7,10-15,19-20,22-25,28-29H,8-9,16-17H2,1-3H3/b6-4+,7-5+/t19-,20+,22+,23-,24-,25+/m0/s1. The number of aliphatic hydroxyl groups is 1. The lowest BCUT2D eigenvalue weighted by Gasteiger charge is -2.31.